The van der Waals surface area contributed by atoms with E-state index in [9.17, 15) is 4.39 Å². The number of halogens is 1. The van der Waals surface area contributed by atoms with Gasteiger partial charge in [0.05, 0.1) is 6.20 Å². The summed E-state index contributed by atoms with van der Waals surface area (Å²) < 4.78 is 19.5. The highest BCUT2D eigenvalue weighted by Crippen LogP contribution is 2.29. The Kier molecular flexibility index (Phi) is 2.92. The van der Waals surface area contributed by atoms with Crippen molar-refractivity contribution in [2.24, 2.45) is 5.84 Å². The van der Waals surface area contributed by atoms with Crippen LogP contribution < -0.4 is 16.0 Å². The van der Waals surface area contributed by atoms with Crippen LogP contribution in [-0.2, 0) is 0 Å². The van der Waals surface area contributed by atoms with Gasteiger partial charge in [-0.05, 0) is 18.6 Å². The second kappa shape index (κ2) is 4.74. The van der Waals surface area contributed by atoms with Crippen molar-refractivity contribution >= 4 is 17.0 Å². The topological polar surface area (TPSA) is 102 Å². The lowest BCUT2D eigenvalue weighted by molar-refractivity contribution is 0.430. The first-order valence-corrected chi connectivity index (χ1v) is 5.79. The highest BCUT2D eigenvalue weighted by atomic mass is 19.1. The molecule has 3 rings (SSSR count). The third kappa shape index (κ3) is 2.01. The van der Waals surface area contributed by atoms with Gasteiger partial charge in [-0.15, -0.1) is 0 Å². The van der Waals surface area contributed by atoms with Crippen LogP contribution in [0.3, 0.4) is 0 Å². The minimum absolute atomic E-state index is 0.0779. The van der Waals surface area contributed by atoms with Gasteiger partial charge in [-0.3, -0.25) is 10.5 Å². The van der Waals surface area contributed by atoms with Gasteiger partial charge in [-0.1, -0.05) is 12.1 Å². The molecule has 2 aromatic heterocycles. The van der Waals surface area contributed by atoms with E-state index in [0.29, 0.717) is 16.6 Å². The molecule has 3 aromatic rings. The van der Waals surface area contributed by atoms with Gasteiger partial charge in [-0.2, -0.15) is 15.1 Å². The molecule has 0 unspecified atom stereocenters. The maximum atomic E-state index is 14.0. The third-order valence-electron chi connectivity index (χ3n) is 2.77. The van der Waals surface area contributed by atoms with Gasteiger partial charge in [0.15, 0.2) is 17.2 Å². The summed E-state index contributed by atoms with van der Waals surface area (Å²) in [5.41, 5.74) is 3.24. The second-order valence-corrected chi connectivity index (χ2v) is 4.12. The predicted octanol–water partition coefficient (Wildman–Crippen LogP) is 1.88. The van der Waals surface area contributed by atoms with Crippen LogP contribution in [-0.4, -0.2) is 20.2 Å². The summed E-state index contributed by atoms with van der Waals surface area (Å²) in [5.74, 6) is 5.24. The van der Waals surface area contributed by atoms with Crippen LogP contribution in [0.25, 0.3) is 11.0 Å². The number of nitrogens with one attached hydrogen (secondary N) is 2. The Hall–Kier alpha value is -2.74. The molecule has 0 aliphatic rings. The van der Waals surface area contributed by atoms with Gasteiger partial charge in [0.25, 0.3) is 0 Å². The van der Waals surface area contributed by atoms with Crippen LogP contribution in [0.2, 0.25) is 0 Å². The molecule has 7 nitrogen and oxygen atoms in total. The van der Waals surface area contributed by atoms with Gasteiger partial charge < -0.3 is 4.74 Å². The number of ether oxygens (including phenoxy) is 1. The van der Waals surface area contributed by atoms with E-state index < -0.39 is 5.82 Å². The van der Waals surface area contributed by atoms with Crippen molar-refractivity contribution in [1.29, 1.82) is 0 Å². The van der Waals surface area contributed by atoms with Gasteiger partial charge in [-0.25, -0.2) is 10.2 Å². The Bertz CT molecular complexity index is 772. The molecule has 4 N–H and O–H groups in total. The number of nitrogens with two attached hydrogens (primary N) is 1. The van der Waals surface area contributed by atoms with Crippen molar-refractivity contribution in [3.8, 4) is 11.6 Å². The van der Waals surface area contributed by atoms with Crippen molar-refractivity contribution in [1.82, 2.24) is 20.2 Å². The normalized spacial score (nSPS) is 10.8. The van der Waals surface area contributed by atoms with E-state index in [-0.39, 0.29) is 17.6 Å². The summed E-state index contributed by atoms with van der Waals surface area (Å²) >= 11 is 0. The van der Waals surface area contributed by atoms with E-state index in [0.717, 1.165) is 0 Å². The molecular weight excluding hydrogens is 263 g/mol. The molecule has 0 fully saturated rings. The molecular formula is C12H11FN6O. The van der Waals surface area contributed by atoms with Gasteiger partial charge in [0.2, 0.25) is 11.8 Å². The minimum atomic E-state index is -0.440. The number of aryl methyl sites for hydroxylation is 1. The Morgan fingerprint density at radius 2 is 2.20 bits per heavy atom. The number of nitrogens with zero attached hydrogens (tertiary/aromatic N) is 3. The van der Waals surface area contributed by atoms with E-state index in [1.165, 1.54) is 12.3 Å². The molecule has 0 saturated carbocycles. The molecule has 0 aliphatic carbocycles. The standard InChI is InChI=1S/C12H11FN6O/c1-6-3-2-4-8(9(6)13)20-11-7-5-15-19-10(7)16-12(17-11)18-14/h2-5H,14H2,1H3,(H2,15,16,17,18,19). The molecule has 20 heavy (non-hydrogen) atoms. The molecule has 0 saturated heterocycles. The number of fused-ring (bicyclic) bond motifs is 1. The lowest BCUT2D eigenvalue weighted by atomic mass is 10.2. The molecule has 0 bridgehead atoms. The number of hydrogen-bond donors (Lipinski definition) is 3. The van der Waals surface area contributed by atoms with E-state index in [4.69, 9.17) is 10.6 Å². The van der Waals surface area contributed by atoms with E-state index in [2.05, 4.69) is 25.6 Å². The van der Waals surface area contributed by atoms with Crippen LogP contribution in [0.15, 0.2) is 24.4 Å². The fraction of sp³-hybridized carbons (Fsp3) is 0.0833. The van der Waals surface area contributed by atoms with Crippen LogP contribution in [0.5, 0.6) is 11.6 Å². The highest BCUT2D eigenvalue weighted by Gasteiger charge is 2.14. The van der Waals surface area contributed by atoms with E-state index >= 15 is 0 Å². The zero-order valence-corrected chi connectivity index (χ0v) is 10.5. The number of H-pyrrole nitrogens is 1. The molecule has 0 radical (unpaired) electrons. The fourth-order valence-electron chi connectivity index (χ4n) is 1.75. The summed E-state index contributed by atoms with van der Waals surface area (Å²) in [6.07, 6.45) is 1.50. The summed E-state index contributed by atoms with van der Waals surface area (Å²) in [6, 6.07) is 4.87. The Morgan fingerprint density at radius 3 is 3.00 bits per heavy atom. The third-order valence-corrected chi connectivity index (χ3v) is 2.77. The van der Waals surface area contributed by atoms with Crippen molar-refractivity contribution in [3.63, 3.8) is 0 Å². The predicted molar refractivity (Wildman–Crippen MR) is 70.7 cm³/mol. The van der Waals surface area contributed by atoms with Crippen LogP contribution in [0.4, 0.5) is 10.3 Å². The Balaban J connectivity index is 2.10. The summed E-state index contributed by atoms with van der Waals surface area (Å²) in [5, 5.41) is 7.06. The highest BCUT2D eigenvalue weighted by molar-refractivity contribution is 5.80. The summed E-state index contributed by atoms with van der Waals surface area (Å²) in [4.78, 5) is 8.12. The number of aromatic nitrogens is 4. The van der Waals surface area contributed by atoms with Crippen molar-refractivity contribution in [3.05, 3.63) is 35.8 Å². The van der Waals surface area contributed by atoms with Gasteiger partial charge in [0.1, 0.15) is 5.39 Å². The molecule has 2 heterocycles. The SMILES string of the molecule is Cc1cccc(Oc2nc(NN)nc3[nH]ncc23)c1F. The molecule has 0 spiro atoms. The smallest absolute Gasteiger partial charge is 0.242 e. The molecule has 0 aliphatic heterocycles. The lowest BCUT2D eigenvalue weighted by Crippen LogP contribution is -2.11. The summed E-state index contributed by atoms with van der Waals surface area (Å²) in [7, 11) is 0. The number of rotatable bonds is 3. The van der Waals surface area contributed by atoms with E-state index in [1.54, 1.807) is 19.1 Å². The number of hydrazine groups is 1. The second-order valence-electron chi connectivity index (χ2n) is 4.12. The van der Waals surface area contributed by atoms with Crippen molar-refractivity contribution < 1.29 is 9.13 Å². The molecule has 0 atom stereocenters. The number of aromatic amines is 1. The quantitative estimate of drug-likeness (QED) is 0.498. The Morgan fingerprint density at radius 1 is 1.35 bits per heavy atom. The largest absolute Gasteiger partial charge is 0.435 e. The molecule has 8 heteroatoms. The zero-order chi connectivity index (χ0) is 14.1. The monoisotopic (exact) mass is 274 g/mol. The fourth-order valence-corrected chi connectivity index (χ4v) is 1.75. The first kappa shape index (κ1) is 12.3. The number of nitrogen functional groups attached to an aromatic ring is 1. The maximum absolute atomic E-state index is 14.0. The van der Waals surface area contributed by atoms with Gasteiger partial charge in [0, 0.05) is 0 Å². The molecule has 102 valence electrons. The zero-order valence-electron chi connectivity index (χ0n) is 10.5. The molecule has 1 aromatic carbocycles. The Labute approximate surface area is 113 Å². The van der Waals surface area contributed by atoms with E-state index in [1.807, 2.05) is 0 Å². The number of benzene rings is 1. The number of hydrogen-bond acceptors (Lipinski definition) is 6. The lowest BCUT2D eigenvalue weighted by Gasteiger charge is -2.09. The van der Waals surface area contributed by atoms with Gasteiger partial charge >= 0.3 is 0 Å². The van der Waals surface area contributed by atoms with Crippen molar-refractivity contribution in [2.45, 2.75) is 6.92 Å². The first-order chi connectivity index (χ1) is 9.69. The summed E-state index contributed by atoms with van der Waals surface area (Å²) in [6.45, 7) is 1.66. The average Bonchev–Trinajstić information content (AvgIpc) is 2.92. The van der Waals surface area contributed by atoms with Crippen LogP contribution in [0, 0.1) is 12.7 Å². The first-order valence-electron chi connectivity index (χ1n) is 5.79. The molecule has 0 amide bonds. The minimum Gasteiger partial charge on any atom is -0.435 e. The average molecular weight is 274 g/mol. The van der Waals surface area contributed by atoms with Crippen LogP contribution in [0.1, 0.15) is 5.56 Å². The maximum Gasteiger partial charge on any atom is 0.242 e. The van der Waals surface area contributed by atoms with Crippen molar-refractivity contribution in [2.75, 3.05) is 5.43 Å². The van der Waals surface area contributed by atoms with Crippen LogP contribution >= 0.6 is 0 Å². The number of anilines is 1.